The normalized spacial score (nSPS) is 14.3. The number of phenols is 2. The van der Waals surface area contributed by atoms with Crippen molar-refractivity contribution in [3.63, 3.8) is 0 Å². The SMILES string of the molecule is C[C@@H](O)[C@H](N)C(=O)N[C@@H](Cc1ccc(O)cc1)C(=O)N[C@@H](CCCN=C(N)N)C(=O)N[C@H](CCCCN)C(=O)N[C@@H](Cc1c[nH]c2ccccc12)C(=O)N[C@@H](Cc1ccc(O)cc1)C(=O)N[C@@H](CCC(=O)O)C(=O)N[C@@H](CC(=O)O)C(=O)O. The molecular formula is C54H73N13O16. The van der Waals surface area contributed by atoms with Crippen LogP contribution < -0.4 is 60.2 Å². The number of nitrogens with zero attached hydrogens (tertiary/aromatic N) is 1. The number of amides is 7. The lowest BCUT2D eigenvalue weighted by Crippen LogP contribution is -2.61. The molecule has 0 fully saturated rings. The van der Waals surface area contributed by atoms with Gasteiger partial charge in [-0.25, -0.2) is 4.79 Å². The first-order valence-electron chi connectivity index (χ1n) is 26.4. The predicted octanol–water partition coefficient (Wildman–Crippen LogP) is -2.68. The Labute approximate surface area is 475 Å². The van der Waals surface area contributed by atoms with Gasteiger partial charge in [0.2, 0.25) is 41.4 Å². The number of phenolic OH excluding ortho intramolecular Hbond substituents is 2. The Hall–Kier alpha value is -9.35. The Bertz CT molecular complexity index is 2910. The van der Waals surface area contributed by atoms with Gasteiger partial charge in [-0.15, -0.1) is 0 Å². The number of carboxylic acid groups (broad SMARTS) is 3. The van der Waals surface area contributed by atoms with Crippen LogP contribution in [-0.4, -0.2) is 168 Å². The molecule has 0 aliphatic rings. The first kappa shape index (κ1) is 66.2. The van der Waals surface area contributed by atoms with Gasteiger partial charge >= 0.3 is 17.9 Å². The number of nitrogens with two attached hydrogens (primary N) is 4. The minimum atomic E-state index is -1.99. The number of carbonyl (C=O) groups excluding carboxylic acids is 7. The van der Waals surface area contributed by atoms with E-state index in [0.29, 0.717) is 34.0 Å². The van der Waals surface area contributed by atoms with Gasteiger partial charge in [0.15, 0.2) is 5.96 Å². The van der Waals surface area contributed by atoms with Gasteiger partial charge in [0.05, 0.1) is 12.5 Å². The van der Waals surface area contributed by atoms with E-state index < -0.39 is 133 Å². The monoisotopic (exact) mass is 1160 g/mol. The minimum absolute atomic E-state index is 0.0100. The summed E-state index contributed by atoms with van der Waals surface area (Å²) in [5, 5.41) is 76.4. The molecule has 7 amide bonds. The summed E-state index contributed by atoms with van der Waals surface area (Å²) in [5.41, 5.74) is 24.7. The van der Waals surface area contributed by atoms with Crippen LogP contribution >= 0.6 is 0 Å². The average molecular weight is 1160 g/mol. The maximum Gasteiger partial charge on any atom is 0.326 e. The molecule has 0 spiro atoms. The molecule has 0 aliphatic carbocycles. The second kappa shape index (κ2) is 32.8. The number of fused-ring (bicyclic) bond motifs is 1. The van der Waals surface area contributed by atoms with Crippen LogP contribution in [0.4, 0.5) is 0 Å². The molecule has 0 saturated heterocycles. The third-order valence-corrected chi connectivity index (χ3v) is 13.0. The van der Waals surface area contributed by atoms with E-state index in [1.807, 2.05) is 5.32 Å². The van der Waals surface area contributed by atoms with Crippen LogP contribution in [0.5, 0.6) is 11.5 Å². The van der Waals surface area contributed by atoms with Crippen LogP contribution in [-0.2, 0) is 67.2 Å². The Balaban J connectivity index is 1.74. The molecule has 4 rings (SSSR count). The molecular weight excluding hydrogens is 1090 g/mol. The standard InChI is InChI=1S/C54H73N13O16/c1-28(68)45(56)52(81)66-40(24-30-13-17-33(70)18-14-30)50(79)62-37(10-6-22-59-54(57)58)46(75)61-36(9-4-5-21-55)47(76)65-41(25-31-27-60-35-8-3-2-7-34(31)35)51(80)64-39(23-29-11-15-32(69)16-12-29)49(78)63-38(19-20-43(71)72)48(77)67-42(53(82)83)26-44(73)74/h2-3,7-8,11-18,27-28,36-42,45,60,68-70H,4-6,9-10,19-26,55-56H2,1H3,(H,61,75)(H,62,79)(H,63,78)(H,64,80)(H,65,76)(H,66,81)(H,67,77)(H,71,72)(H,73,74)(H,82,83)(H4,57,58,59)/t28-,36-,37+,38+,39+,40+,41+,42+,45+/m1/s1. The lowest BCUT2D eigenvalue weighted by molar-refractivity contribution is -0.147. The summed E-state index contributed by atoms with van der Waals surface area (Å²) in [6, 6.07) is 5.22. The second-order valence-electron chi connectivity index (χ2n) is 19.6. The quantitative estimate of drug-likeness (QED) is 0.0127. The smallest absolute Gasteiger partial charge is 0.326 e. The van der Waals surface area contributed by atoms with E-state index >= 15 is 0 Å². The number of hydrogen-bond donors (Lipinski definition) is 18. The van der Waals surface area contributed by atoms with E-state index in [0.717, 1.165) is 0 Å². The molecule has 29 nitrogen and oxygen atoms in total. The highest BCUT2D eigenvalue weighted by Crippen LogP contribution is 2.21. The number of aliphatic imine (C=N–C) groups is 1. The number of nitrogens with one attached hydrogen (secondary N) is 8. The van der Waals surface area contributed by atoms with E-state index in [9.17, 15) is 78.6 Å². The van der Waals surface area contributed by atoms with Crippen LogP contribution in [0.2, 0.25) is 0 Å². The van der Waals surface area contributed by atoms with E-state index in [-0.39, 0.29) is 75.5 Å². The Morgan fingerprint density at radius 1 is 0.542 bits per heavy atom. The average Bonchev–Trinajstić information content (AvgIpc) is 4.13. The fourth-order valence-corrected chi connectivity index (χ4v) is 8.45. The van der Waals surface area contributed by atoms with Crippen molar-refractivity contribution in [1.82, 2.24) is 42.2 Å². The number of aliphatic carboxylic acids is 3. The van der Waals surface area contributed by atoms with Crippen molar-refractivity contribution >= 4 is 76.1 Å². The highest BCUT2D eigenvalue weighted by atomic mass is 16.4. The Morgan fingerprint density at radius 3 is 1.43 bits per heavy atom. The molecule has 0 aliphatic heterocycles. The summed E-state index contributed by atoms with van der Waals surface area (Å²) in [6.45, 7) is 1.44. The van der Waals surface area contributed by atoms with Crippen molar-refractivity contribution in [3.8, 4) is 11.5 Å². The highest BCUT2D eigenvalue weighted by Gasteiger charge is 2.36. The van der Waals surface area contributed by atoms with Crippen LogP contribution in [0.15, 0.2) is 84.0 Å². The molecule has 3 aromatic carbocycles. The van der Waals surface area contributed by atoms with E-state index in [1.165, 1.54) is 55.5 Å². The van der Waals surface area contributed by atoms with Crippen molar-refractivity contribution < 1.29 is 78.6 Å². The van der Waals surface area contributed by atoms with Gasteiger partial charge < -0.3 is 95.8 Å². The fourth-order valence-electron chi connectivity index (χ4n) is 8.45. The number of carbonyl (C=O) groups is 10. The summed E-state index contributed by atoms with van der Waals surface area (Å²) >= 11 is 0. The maximum absolute atomic E-state index is 14.9. The first-order valence-corrected chi connectivity index (χ1v) is 26.4. The van der Waals surface area contributed by atoms with Gasteiger partial charge in [0.25, 0.3) is 0 Å². The first-order chi connectivity index (χ1) is 39.3. The number of carboxylic acids is 3. The van der Waals surface area contributed by atoms with Crippen molar-refractivity contribution in [2.45, 2.75) is 132 Å². The molecule has 22 N–H and O–H groups in total. The topological polar surface area (TPSA) is 509 Å². The number of rotatable bonds is 35. The van der Waals surface area contributed by atoms with Gasteiger partial charge in [-0.2, -0.15) is 0 Å². The number of unbranched alkanes of at least 4 members (excludes halogenated alkanes) is 1. The molecule has 0 bridgehead atoms. The molecule has 4 aromatic rings. The number of aliphatic hydroxyl groups is 1. The highest BCUT2D eigenvalue weighted by molar-refractivity contribution is 5.98. The molecule has 83 heavy (non-hydrogen) atoms. The molecule has 0 saturated carbocycles. The maximum atomic E-state index is 14.9. The summed E-state index contributed by atoms with van der Waals surface area (Å²) in [5.74, 6) is -12.3. The summed E-state index contributed by atoms with van der Waals surface area (Å²) < 4.78 is 0. The number of benzene rings is 3. The molecule has 29 heteroatoms. The van der Waals surface area contributed by atoms with E-state index in [1.54, 1.807) is 30.5 Å². The number of hydrogen-bond acceptors (Lipinski definition) is 16. The van der Waals surface area contributed by atoms with Gasteiger partial charge in [-0.3, -0.25) is 48.1 Å². The number of guanidine groups is 1. The number of aliphatic hydroxyl groups excluding tert-OH is 1. The zero-order valence-corrected chi connectivity index (χ0v) is 45.4. The third-order valence-electron chi connectivity index (χ3n) is 13.0. The summed E-state index contributed by atoms with van der Waals surface area (Å²) in [4.78, 5) is 141. The van der Waals surface area contributed by atoms with Crippen LogP contribution in [0.3, 0.4) is 0 Å². The zero-order chi connectivity index (χ0) is 61.3. The molecule has 1 aromatic heterocycles. The van der Waals surface area contributed by atoms with Crippen LogP contribution in [0.1, 0.15) is 75.0 Å². The largest absolute Gasteiger partial charge is 0.508 e. The van der Waals surface area contributed by atoms with E-state index in [4.69, 9.17) is 22.9 Å². The zero-order valence-electron chi connectivity index (χ0n) is 45.4. The van der Waals surface area contributed by atoms with Crippen LogP contribution in [0.25, 0.3) is 10.9 Å². The molecule has 450 valence electrons. The fraction of sp³-hybridized carbons (Fsp3) is 0.426. The summed E-state index contributed by atoms with van der Waals surface area (Å²) in [7, 11) is 0. The second-order valence-corrected chi connectivity index (χ2v) is 19.6. The van der Waals surface area contributed by atoms with Crippen molar-refractivity contribution in [2.75, 3.05) is 13.1 Å². The number of aromatic nitrogens is 1. The van der Waals surface area contributed by atoms with Crippen molar-refractivity contribution in [2.24, 2.45) is 27.9 Å². The van der Waals surface area contributed by atoms with Gasteiger partial charge in [0, 0.05) is 49.3 Å². The molecule has 9 atom stereocenters. The Morgan fingerprint density at radius 2 is 0.976 bits per heavy atom. The molecule has 0 unspecified atom stereocenters. The van der Waals surface area contributed by atoms with Crippen molar-refractivity contribution in [3.05, 3.63) is 95.7 Å². The third kappa shape index (κ3) is 22.3. The lowest BCUT2D eigenvalue weighted by Gasteiger charge is -2.28. The molecule has 1 heterocycles. The van der Waals surface area contributed by atoms with Gasteiger partial charge in [0.1, 0.15) is 59.8 Å². The predicted molar refractivity (Wildman–Crippen MR) is 298 cm³/mol. The number of para-hydroxylation sites is 1. The number of aromatic hydroxyl groups is 2. The van der Waals surface area contributed by atoms with E-state index in [2.05, 4.69) is 41.9 Å². The van der Waals surface area contributed by atoms with Gasteiger partial charge in [-0.05, 0) is 99.0 Å². The van der Waals surface area contributed by atoms with Gasteiger partial charge in [-0.1, -0.05) is 42.5 Å². The molecule has 0 radical (unpaired) electrons. The van der Waals surface area contributed by atoms with Crippen LogP contribution in [0, 0.1) is 0 Å². The van der Waals surface area contributed by atoms with Crippen molar-refractivity contribution in [1.29, 1.82) is 0 Å². The Kier molecular flexibility index (Phi) is 26.1. The number of H-pyrrole nitrogens is 1. The lowest BCUT2D eigenvalue weighted by atomic mass is 10.00. The summed E-state index contributed by atoms with van der Waals surface area (Å²) in [6.07, 6.45) is -2.52. The number of aromatic amines is 1. The minimum Gasteiger partial charge on any atom is -0.508 e.